The second-order valence-electron chi connectivity index (χ2n) is 7.54. The zero-order chi connectivity index (χ0) is 18.8. The molecule has 0 saturated heterocycles. The topological polar surface area (TPSA) is 49.4 Å². The maximum Gasteiger partial charge on any atom is 0.254 e. The number of nitrogens with one attached hydrogen (secondary N) is 1. The van der Waals surface area contributed by atoms with Crippen molar-refractivity contribution in [1.82, 2.24) is 10.2 Å². The maximum atomic E-state index is 13.2. The van der Waals surface area contributed by atoms with Gasteiger partial charge in [0, 0.05) is 23.0 Å². The van der Waals surface area contributed by atoms with Crippen LogP contribution in [0.4, 0.5) is 0 Å². The van der Waals surface area contributed by atoms with Gasteiger partial charge in [0.1, 0.15) is 0 Å². The molecule has 0 saturated carbocycles. The summed E-state index contributed by atoms with van der Waals surface area (Å²) in [5, 5.41) is 5.07. The smallest absolute Gasteiger partial charge is 0.254 e. The van der Waals surface area contributed by atoms with E-state index in [9.17, 15) is 9.59 Å². The van der Waals surface area contributed by atoms with Crippen LogP contribution in [0.25, 0.3) is 0 Å². The summed E-state index contributed by atoms with van der Waals surface area (Å²) in [5.41, 5.74) is 1.47. The van der Waals surface area contributed by atoms with Gasteiger partial charge in [-0.25, -0.2) is 0 Å². The lowest BCUT2D eigenvalue weighted by Crippen LogP contribution is -2.49. The third-order valence-electron chi connectivity index (χ3n) is 4.55. The van der Waals surface area contributed by atoms with Gasteiger partial charge in [-0.15, -0.1) is 11.3 Å². The van der Waals surface area contributed by atoms with Gasteiger partial charge in [-0.05, 0) is 42.8 Å². The summed E-state index contributed by atoms with van der Waals surface area (Å²) < 4.78 is 0. The summed E-state index contributed by atoms with van der Waals surface area (Å²) in [7, 11) is 0. The van der Waals surface area contributed by atoms with Gasteiger partial charge < -0.3 is 10.2 Å². The van der Waals surface area contributed by atoms with Crippen LogP contribution in [0, 0.1) is 5.92 Å². The quantitative estimate of drug-likeness (QED) is 0.857. The molecule has 26 heavy (non-hydrogen) atoms. The lowest BCUT2D eigenvalue weighted by Gasteiger charge is -2.42. The van der Waals surface area contributed by atoms with Crippen molar-refractivity contribution in [1.29, 1.82) is 0 Å². The van der Waals surface area contributed by atoms with E-state index in [4.69, 9.17) is 0 Å². The first-order chi connectivity index (χ1) is 12.4. The largest absolute Gasteiger partial charge is 0.353 e. The van der Waals surface area contributed by atoms with Crippen molar-refractivity contribution in [2.75, 3.05) is 6.54 Å². The number of hydrogen-bond acceptors (Lipinski definition) is 3. The first kappa shape index (κ1) is 18.6. The Labute approximate surface area is 159 Å². The van der Waals surface area contributed by atoms with Crippen LogP contribution >= 0.6 is 11.3 Å². The molecule has 1 N–H and O–H groups in total. The van der Waals surface area contributed by atoms with E-state index in [0.29, 0.717) is 18.0 Å². The lowest BCUT2D eigenvalue weighted by atomic mass is 9.81. The molecule has 2 aromatic rings. The van der Waals surface area contributed by atoms with Crippen LogP contribution in [0.3, 0.4) is 0 Å². The highest BCUT2D eigenvalue weighted by Gasteiger charge is 2.44. The Morgan fingerprint density at radius 3 is 2.50 bits per heavy atom. The van der Waals surface area contributed by atoms with E-state index in [1.807, 2.05) is 60.5 Å². The van der Waals surface area contributed by atoms with E-state index < -0.39 is 5.92 Å². The van der Waals surface area contributed by atoms with Gasteiger partial charge in [-0.1, -0.05) is 38.1 Å². The monoisotopic (exact) mass is 370 g/mol. The molecule has 0 radical (unpaired) electrons. The van der Waals surface area contributed by atoms with Gasteiger partial charge >= 0.3 is 0 Å². The molecule has 1 aliphatic rings. The van der Waals surface area contributed by atoms with Crippen LogP contribution in [0.1, 0.15) is 60.5 Å². The minimum absolute atomic E-state index is 0.0151. The molecule has 1 aromatic heterocycles. The second kappa shape index (κ2) is 7.62. The predicted octanol–water partition coefficient (Wildman–Crippen LogP) is 4.21. The molecular weight excluding hydrogens is 344 g/mol. The number of carbonyl (C=O) groups excluding carboxylic acids is 2. The van der Waals surface area contributed by atoms with Crippen LogP contribution in [-0.4, -0.2) is 29.3 Å². The Morgan fingerprint density at radius 2 is 1.88 bits per heavy atom. The Balaban J connectivity index is 2.16. The third-order valence-corrected chi connectivity index (χ3v) is 5.49. The average molecular weight is 371 g/mol. The van der Waals surface area contributed by atoms with Crippen molar-refractivity contribution < 1.29 is 9.59 Å². The summed E-state index contributed by atoms with van der Waals surface area (Å²) in [5.74, 6) is -0.0856. The predicted molar refractivity (Wildman–Crippen MR) is 105 cm³/mol. The highest BCUT2D eigenvalue weighted by molar-refractivity contribution is 7.10. The zero-order valence-corrected chi connectivity index (χ0v) is 16.5. The van der Waals surface area contributed by atoms with E-state index in [-0.39, 0.29) is 23.9 Å². The highest BCUT2D eigenvalue weighted by atomic mass is 32.1. The van der Waals surface area contributed by atoms with Gasteiger partial charge in [0.15, 0.2) is 0 Å². The molecule has 1 aliphatic heterocycles. The fourth-order valence-electron chi connectivity index (χ4n) is 3.62. The number of thiophene rings is 1. The van der Waals surface area contributed by atoms with Gasteiger partial charge in [0.2, 0.25) is 5.91 Å². The number of carbonyl (C=O) groups is 2. The van der Waals surface area contributed by atoms with Gasteiger partial charge in [0.05, 0.1) is 12.0 Å². The number of fused-ring (bicyclic) bond motifs is 1. The minimum atomic E-state index is -0.399. The molecule has 5 heteroatoms. The van der Waals surface area contributed by atoms with Crippen LogP contribution in [0.2, 0.25) is 0 Å². The fraction of sp³-hybridized carbons (Fsp3) is 0.429. The number of nitrogens with zero attached hydrogens (tertiary/aromatic N) is 1. The van der Waals surface area contributed by atoms with E-state index >= 15 is 0 Å². The van der Waals surface area contributed by atoms with Crippen LogP contribution < -0.4 is 5.32 Å². The van der Waals surface area contributed by atoms with E-state index in [0.717, 1.165) is 10.4 Å². The Hall–Kier alpha value is -2.14. The van der Waals surface area contributed by atoms with Crippen molar-refractivity contribution in [2.45, 2.75) is 45.7 Å². The summed E-state index contributed by atoms with van der Waals surface area (Å²) in [6.45, 7) is 8.75. The van der Waals surface area contributed by atoms with Crippen molar-refractivity contribution in [2.24, 2.45) is 5.92 Å². The molecule has 0 aliphatic carbocycles. The third kappa shape index (κ3) is 3.54. The Morgan fingerprint density at radius 1 is 1.15 bits per heavy atom. The number of benzene rings is 1. The zero-order valence-electron chi connectivity index (χ0n) is 15.7. The molecule has 0 spiro atoms. The van der Waals surface area contributed by atoms with Crippen molar-refractivity contribution in [3.8, 4) is 0 Å². The number of rotatable bonds is 5. The normalized spacial score (nSPS) is 19.8. The Bertz CT molecular complexity index is 783. The fourth-order valence-corrected chi connectivity index (χ4v) is 4.49. The van der Waals surface area contributed by atoms with Crippen molar-refractivity contribution in [3.63, 3.8) is 0 Å². The van der Waals surface area contributed by atoms with Crippen molar-refractivity contribution >= 4 is 23.2 Å². The summed E-state index contributed by atoms with van der Waals surface area (Å²) >= 11 is 1.60. The van der Waals surface area contributed by atoms with E-state index in [1.165, 1.54) is 0 Å². The average Bonchev–Trinajstić information content (AvgIpc) is 3.10. The summed E-state index contributed by atoms with van der Waals surface area (Å²) in [4.78, 5) is 29.4. The lowest BCUT2D eigenvalue weighted by molar-refractivity contribution is -0.124. The first-order valence-corrected chi connectivity index (χ1v) is 10.0. The number of amides is 2. The van der Waals surface area contributed by atoms with E-state index in [1.54, 1.807) is 11.3 Å². The van der Waals surface area contributed by atoms with Crippen LogP contribution in [-0.2, 0) is 4.79 Å². The van der Waals surface area contributed by atoms with Crippen LogP contribution in [0.5, 0.6) is 0 Å². The molecule has 1 aromatic carbocycles. The minimum Gasteiger partial charge on any atom is -0.353 e. The van der Waals surface area contributed by atoms with Gasteiger partial charge in [0.25, 0.3) is 5.91 Å². The molecule has 138 valence electrons. The highest BCUT2D eigenvalue weighted by Crippen LogP contribution is 2.44. The van der Waals surface area contributed by atoms with Crippen LogP contribution in [0.15, 0.2) is 41.8 Å². The maximum absolute atomic E-state index is 13.2. The van der Waals surface area contributed by atoms with E-state index in [2.05, 4.69) is 19.2 Å². The molecule has 2 heterocycles. The molecule has 2 unspecified atom stereocenters. The van der Waals surface area contributed by atoms with Crippen molar-refractivity contribution in [3.05, 3.63) is 57.8 Å². The summed E-state index contributed by atoms with van der Waals surface area (Å²) in [6, 6.07) is 11.3. The molecule has 2 atom stereocenters. The van der Waals surface area contributed by atoms with Gasteiger partial charge in [-0.3, -0.25) is 9.59 Å². The first-order valence-electron chi connectivity index (χ1n) is 9.13. The number of hydrogen-bond donors (Lipinski definition) is 1. The molecule has 4 nitrogen and oxygen atoms in total. The molecule has 3 rings (SSSR count). The standard InChI is InChI=1S/C21H26N2O2S/c1-13(2)12-23-19(17-10-7-11-26-17)18(20(24)22-14(3)4)15-8-5-6-9-16(15)21(23)25/h5-11,13-14,18-19H,12H2,1-4H3,(H,22,24). The second-order valence-corrected chi connectivity index (χ2v) is 8.52. The summed E-state index contributed by atoms with van der Waals surface area (Å²) in [6.07, 6.45) is 0. The van der Waals surface area contributed by atoms with Gasteiger partial charge in [-0.2, -0.15) is 0 Å². The Kier molecular flexibility index (Phi) is 5.47. The molecule has 2 amide bonds. The SMILES string of the molecule is CC(C)CN1C(=O)c2ccccc2C(C(=O)NC(C)C)C1c1cccs1. The molecule has 0 bridgehead atoms. The molecule has 0 fully saturated rings. The molecular formula is C21H26N2O2S.